The molecule has 0 saturated heterocycles. The van der Waals surface area contributed by atoms with E-state index in [0.29, 0.717) is 45.4 Å². The number of carbonyl (C=O) groups is 2. The van der Waals surface area contributed by atoms with Gasteiger partial charge in [-0.15, -0.1) is 0 Å². The van der Waals surface area contributed by atoms with Crippen LogP contribution in [0.3, 0.4) is 0 Å². The minimum Gasteiger partial charge on any atom is -0.480 e. The smallest absolute Gasteiger partial charge is 0.256 e. The van der Waals surface area contributed by atoms with Crippen molar-refractivity contribution >= 4 is 34.9 Å². The Morgan fingerprint density at radius 3 is 2.61 bits per heavy atom. The number of aromatic nitrogens is 4. The Hall–Kier alpha value is -4.02. The lowest BCUT2D eigenvalue weighted by Gasteiger charge is -2.14. The van der Waals surface area contributed by atoms with Crippen LogP contribution in [-0.2, 0) is 4.79 Å². The Labute approximate surface area is 212 Å². The van der Waals surface area contributed by atoms with Crippen LogP contribution in [0.15, 0.2) is 48.7 Å². The van der Waals surface area contributed by atoms with Crippen LogP contribution in [0.25, 0.3) is 16.9 Å². The molecule has 4 aromatic rings. The van der Waals surface area contributed by atoms with Crippen molar-refractivity contribution in [3.05, 3.63) is 70.5 Å². The van der Waals surface area contributed by atoms with Crippen molar-refractivity contribution in [1.29, 1.82) is 0 Å². The molecular formula is C25H25ClN6O4. The van der Waals surface area contributed by atoms with Gasteiger partial charge in [0.2, 0.25) is 11.8 Å². The summed E-state index contributed by atoms with van der Waals surface area (Å²) in [5.41, 5.74) is 3.33. The van der Waals surface area contributed by atoms with Gasteiger partial charge in [-0.05, 0) is 49.2 Å². The van der Waals surface area contributed by atoms with Gasteiger partial charge in [0.25, 0.3) is 5.91 Å². The number of hydrogen-bond acceptors (Lipinski definition) is 7. The van der Waals surface area contributed by atoms with Crippen LogP contribution in [0.2, 0.25) is 5.02 Å². The fourth-order valence-electron chi connectivity index (χ4n) is 3.70. The monoisotopic (exact) mass is 508 g/mol. The lowest BCUT2D eigenvalue weighted by molar-refractivity contribution is -0.114. The van der Waals surface area contributed by atoms with Crippen molar-refractivity contribution in [2.24, 2.45) is 0 Å². The molecule has 186 valence electrons. The zero-order chi connectivity index (χ0) is 25.8. The maximum atomic E-state index is 13.0. The molecule has 3 aromatic heterocycles. The molecule has 0 spiro atoms. The fraction of sp³-hybridized carbons (Fsp3) is 0.240. The van der Waals surface area contributed by atoms with Crippen molar-refractivity contribution in [3.8, 4) is 17.1 Å². The van der Waals surface area contributed by atoms with Crippen molar-refractivity contribution < 1.29 is 19.4 Å². The maximum Gasteiger partial charge on any atom is 0.256 e. The van der Waals surface area contributed by atoms with Gasteiger partial charge in [0.1, 0.15) is 5.56 Å². The molecule has 11 heteroatoms. The molecule has 3 N–H and O–H groups in total. The highest BCUT2D eigenvalue weighted by atomic mass is 35.5. The Morgan fingerprint density at radius 1 is 1.17 bits per heavy atom. The van der Waals surface area contributed by atoms with E-state index in [1.807, 2.05) is 0 Å². The quantitative estimate of drug-likeness (QED) is 0.331. The van der Waals surface area contributed by atoms with Crippen LogP contribution in [0.1, 0.15) is 41.1 Å². The number of methoxy groups -OCH3 is 1. The van der Waals surface area contributed by atoms with E-state index in [9.17, 15) is 14.7 Å². The molecule has 0 radical (unpaired) electrons. The second-order valence-corrected chi connectivity index (χ2v) is 8.56. The summed E-state index contributed by atoms with van der Waals surface area (Å²) in [5.74, 6) is -0.0491. The number of aliphatic hydroxyl groups excluding tert-OH is 1. The summed E-state index contributed by atoms with van der Waals surface area (Å²) in [6.45, 7) is 3.44. The first-order chi connectivity index (χ1) is 17.2. The number of nitrogens with one attached hydrogen (secondary N) is 2. The predicted octanol–water partition coefficient (Wildman–Crippen LogP) is 3.57. The van der Waals surface area contributed by atoms with Crippen molar-refractivity contribution in [2.45, 2.75) is 26.4 Å². The summed E-state index contributed by atoms with van der Waals surface area (Å²) < 4.78 is 6.89. The minimum absolute atomic E-state index is 0.184. The molecule has 0 bridgehead atoms. The zero-order valence-corrected chi connectivity index (χ0v) is 20.7. The number of hydrogen-bond donors (Lipinski definition) is 3. The van der Waals surface area contributed by atoms with E-state index in [1.165, 1.54) is 14.0 Å². The summed E-state index contributed by atoms with van der Waals surface area (Å²) >= 11 is 5.89. The molecule has 0 aliphatic rings. The van der Waals surface area contributed by atoms with Crippen molar-refractivity contribution in [2.75, 3.05) is 19.0 Å². The molecule has 4 rings (SSSR count). The average Bonchev–Trinajstić information content (AvgIpc) is 3.24. The molecule has 0 unspecified atom stereocenters. The Morgan fingerprint density at radius 2 is 1.92 bits per heavy atom. The summed E-state index contributed by atoms with van der Waals surface area (Å²) in [4.78, 5) is 33.1. The largest absolute Gasteiger partial charge is 0.480 e. The van der Waals surface area contributed by atoms with Gasteiger partial charge in [0, 0.05) is 24.1 Å². The van der Waals surface area contributed by atoms with Crippen LogP contribution in [0, 0.1) is 6.92 Å². The molecule has 1 aromatic carbocycles. The van der Waals surface area contributed by atoms with Gasteiger partial charge in [-0.25, -0.2) is 14.5 Å². The number of anilines is 1. The van der Waals surface area contributed by atoms with Crippen molar-refractivity contribution in [1.82, 2.24) is 24.9 Å². The second kappa shape index (κ2) is 10.7. The van der Waals surface area contributed by atoms with Gasteiger partial charge in [-0.3, -0.25) is 9.59 Å². The maximum absolute atomic E-state index is 13.0. The zero-order valence-electron chi connectivity index (χ0n) is 19.9. The molecule has 3 heterocycles. The SMILES string of the molecule is COc1nc(C)c(-c2ccc3nc(NC(C)=O)cn3n2)cc1C(=O)NCC[C@H](O)c1ccc(Cl)cc1. The van der Waals surface area contributed by atoms with E-state index in [-0.39, 0.29) is 29.8 Å². The lowest BCUT2D eigenvalue weighted by atomic mass is 10.1. The Balaban J connectivity index is 1.54. The topological polar surface area (TPSA) is 131 Å². The van der Waals surface area contributed by atoms with Gasteiger partial charge in [-0.1, -0.05) is 23.7 Å². The van der Waals surface area contributed by atoms with E-state index in [2.05, 4.69) is 25.7 Å². The fourth-order valence-corrected chi connectivity index (χ4v) is 3.82. The van der Waals surface area contributed by atoms with Gasteiger partial charge in [0.05, 0.1) is 30.8 Å². The molecule has 2 amide bonds. The third kappa shape index (κ3) is 5.61. The van der Waals surface area contributed by atoms with E-state index in [0.717, 1.165) is 0 Å². The van der Waals surface area contributed by atoms with Crippen LogP contribution in [0.4, 0.5) is 5.82 Å². The summed E-state index contributed by atoms with van der Waals surface area (Å²) in [6.07, 6.45) is 1.17. The summed E-state index contributed by atoms with van der Waals surface area (Å²) in [6, 6.07) is 12.1. The molecule has 0 saturated carbocycles. The highest BCUT2D eigenvalue weighted by Gasteiger charge is 2.19. The molecule has 0 aliphatic heterocycles. The minimum atomic E-state index is -0.746. The van der Waals surface area contributed by atoms with Crippen LogP contribution in [0.5, 0.6) is 5.88 Å². The number of fused-ring (bicyclic) bond motifs is 1. The van der Waals surface area contributed by atoms with E-state index >= 15 is 0 Å². The highest BCUT2D eigenvalue weighted by Crippen LogP contribution is 2.27. The second-order valence-electron chi connectivity index (χ2n) is 8.12. The number of aliphatic hydroxyl groups is 1. The molecular weight excluding hydrogens is 484 g/mol. The number of imidazole rings is 1. The Kier molecular flexibility index (Phi) is 7.47. The van der Waals surface area contributed by atoms with E-state index < -0.39 is 6.10 Å². The molecule has 0 aliphatic carbocycles. The van der Waals surface area contributed by atoms with Crippen LogP contribution >= 0.6 is 11.6 Å². The number of nitrogens with zero attached hydrogens (tertiary/aromatic N) is 4. The number of halogens is 1. The number of amides is 2. The third-order valence-corrected chi connectivity index (χ3v) is 5.73. The summed E-state index contributed by atoms with van der Waals surface area (Å²) in [7, 11) is 1.45. The van der Waals surface area contributed by atoms with E-state index in [1.54, 1.807) is 60.1 Å². The first kappa shape index (κ1) is 25.1. The average molecular weight is 509 g/mol. The van der Waals surface area contributed by atoms with Gasteiger partial charge in [-0.2, -0.15) is 5.10 Å². The van der Waals surface area contributed by atoms with Gasteiger partial charge >= 0.3 is 0 Å². The predicted molar refractivity (Wildman–Crippen MR) is 135 cm³/mol. The van der Waals surface area contributed by atoms with Crippen molar-refractivity contribution in [3.63, 3.8) is 0 Å². The molecule has 10 nitrogen and oxygen atoms in total. The Bertz CT molecular complexity index is 1420. The first-order valence-electron chi connectivity index (χ1n) is 11.2. The molecule has 1 atom stereocenters. The number of benzene rings is 1. The number of aryl methyl sites for hydroxylation is 1. The van der Waals surface area contributed by atoms with E-state index in [4.69, 9.17) is 16.3 Å². The van der Waals surface area contributed by atoms with Gasteiger partial charge < -0.3 is 20.5 Å². The first-order valence-corrected chi connectivity index (χ1v) is 11.5. The van der Waals surface area contributed by atoms with Crippen LogP contribution in [-0.4, -0.2) is 50.2 Å². The highest BCUT2D eigenvalue weighted by molar-refractivity contribution is 6.30. The third-order valence-electron chi connectivity index (χ3n) is 5.47. The normalized spacial score (nSPS) is 11.8. The standard InChI is InChI=1S/C25H25ClN6O4/c1-14-18(20-8-9-23-30-22(29-15(2)33)13-32(23)31-20)12-19(25(28-14)36-3)24(35)27-11-10-21(34)16-4-6-17(26)7-5-16/h4-9,12-13,21,34H,10-11H2,1-3H3,(H,27,35)(H,29,33)/t21-/m0/s1. The number of rotatable bonds is 8. The number of carbonyl (C=O) groups excluding carboxylic acids is 2. The van der Waals surface area contributed by atoms with Gasteiger partial charge in [0.15, 0.2) is 11.5 Å². The molecule has 36 heavy (non-hydrogen) atoms. The summed E-state index contributed by atoms with van der Waals surface area (Å²) in [5, 5.41) is 21.0. The van der Waals surface area contributed by atoms with Crippen LogP contribution < -0.4 is 15.4 Å². The number of pyridine rings is 1. The lowest BCUT2D eigenvalue weighted by Crippen LogP contribution is -2.26. The molecule has 0 fully saturated rings. The number of ether oxygens (including phenoxy) is 1.